The van der Waals surface area contributed by atoms with Crippen molar-refractivity contribution in [1.82, 2.24) is 4.98 Å². The molecular weight excluding hydrogens is 218 g/mol. The number of nitrogens with two attached hydrogens (primary N) is 1. The monoisotopic (exact) mass is 237 g/mol. The standard InChI is InChI=1S/C12H19N3S/c1-2-16-11-4-3-10(8-11)15-12-7-9(13)5-6-14-12/h5-7,10-11H,2-4,8H2,1H3,(H3,13,14,15). The van der Waals surface area contributed by atoms with Crippen molar-refractivity contribution in [2.45, 2.75) is 37.5 Å². The molecule has 1 saturated carbocycles. The normalized spacial score (nSPS) is 24.6. The molecule has 1 aromatic heterocycles. The smallest absolute Gasteiger partial charge is 0.128 e. The first-order chi connectivity index (χ1) is 7.78. The number of nitrogens with one attached hydrogen (secondary N) is 1. The molecule has 88 valence electrons. The molecule has 0 amide bonds. The summed E-state index contributed by atoms with van der Waals surface area (Å²) in [6.45, 7) is 2.23. The van der Waals surface area contributed by atoms with Crippen LogP contribution in [0.1, 0.15) is 26.2 Å². The lowest BCUT2D eigenvalue weighted by atomic mass is 10.2. The Labute approximate surface area is 101 Å². The number of nitrogens with zero attached hydrogens (tertiary/aromatic N) is 1. The molecule has 1 fully saturated rings. The topological polar surface area (TPSA) is 50.9 Å². The minimum absolute atomic E-state index is 0.568. The van der Waals surface area contributed by atoms with E-state index in [0.29, 0.717) is 6.04 Å². The average molecular weight is 237 g/mol. The first-order valence-corrected chi connectivity index (χ1v) is 6.92. The van der Waals surface area contributed by atoms with Crippen LogP contribution in [0.2, 0.25) is 0 Å². The lowest BCUT2D eigenvalue weighted by Crippen LogP contribution is -2.16. The fourth-order valence-electron chi connectivity index (χ4n) is 2.19. The zero-order chi connectivity index (χ0) is 11.4. The molecule has 1 aromatic rings. The zero-order valence-corrected chi connectivity index (χ0v) is 10.5. The average Bonchev–Trinajstić information content (AvgIpc) is 2.66. The Bertz CT molecular complexity index is 343. The van der Waals surface area contributed by atoms with E-state index in [0.717, 1.165) is 16.8 Å². The van der Waals surface area contributed by atoms with Gasteiger partial charge in [-0.3, -0.25) is 0 Å². The number of hydrogen-bond acceptors (Lipinski definition) is 4. The molecule has 0 aliphatic heterocycles. The predicted octanol–water partition coefficient (Wildman–Crippen LogP) is 2.75. The molecule has 3 N–H and O–H groups in total. The van der Waals surface area contributed by atoms with Crippen molar-refractivity contribution in [2.24, 2.45) is 0 Å². The van der Waals surface area contributed by atoms with Gasteiger partial charge in [0.05, 0.1) is 0 Å². The van der Waals surface area contributed by atoms with Crippen LogP contribution < -0.4 is 11.1 Å². The van der Waals surface area contributed by atoms with Crippen molar-refractivity contribution in [3.8, 4) is 0 Å². The second kappa shape index (κ2) is 5.43. The zero-order valence-electron chi connectivity index (χ0n) is 9.65. The van der Waals surface area contributed by atoms with Crippen molar-refractivity contribution in [3.63, 3.8) is 0 Å². The van der Waals surface area contributed by atoms with Crippen LogP contribution in [-0.4, -0.2) is 22.0 Å². The number of nitrogen functional groups attached to an aromatic ring is 1. The van der Waals surface area contributed by atoms with Gasteiger partial charge in [0.25, 0.3) is 0 Å². The fourth-order valence-corrected chi connectivity index (χ4v) is 3.34. The maximum Gasteiger partial charge on any atom is 0.128 e. The van der Waals surface area contributed by atoms with Gasteiger partial charge >= 0.3 is 0 Å². The van der Waals surface area contributed by atoms with Crippen LogP contribution in [0.25, 0.3) is 0 Å². The number of pyridine rings is 1. The molecule has 1 aliphatic carbocycles. The van der Waals surface area contributed by atoms with E-state index in [4.69, 9.17) is 5.73 Å². The van der Waals surface area contributed by atoms with Gasteiger partial charge in [-0.05, 0) is 31.1 Å². The number of aromatic nitrogens is 1. The Kier molecular flexibility index (Phi) is 3.93. The van der Waals surface area contributed by atoms with Crippen LogP contribution >= 0.6 is 11.8 Å². The summed E-state index contributed by atoms with van der Waals surface area (Å²) in [6.07, 6.45) is 5.56. The number of anilines is 2. The molecule has 4 heteroatoms. The summed E-state index contributed by atoms with van der Waals surface area (Å²) in [5.41, 5.74) is 6.50. The highest BCUT2D eigenvalue weighted by molar-refractivity contribution is 7.99. The van der Waals surface area contributed by atoms with Crippen LogP contribution in [0, 0.1) is 0 Å². The van der Waals surface area contributed by atoms with Gasteiger partial charge in [0.15, 0.2) is 0 Å². The van der Waals surface area contributed by atoms with Gasteiger partial charge in [-0.2, -0.15) is 11.8 Å². The number of rotatable bonds is 4. The van der Waals surface area contributed by atoms with Crippen LogP contribution in [0.3, 0.4) is 0 Å². The first-order valence-electron chi connectivity index (χ1n) is 5.87. The minimum atomic E-state index is 0.568. The van der Waals surface area contributed by atoms with E-state index < -0.39 is 0 Å². The summed E-state index contributed by atoms with van der Waals surface area (Å²) in [6, 6.07) is 4.29. The molecule has 0 aromatic carbocycles. The van der Waals surface area contributed by atoms with Gasteiger partial charge in [-0.15, -0.1) is 0 Å². The highest BCUT2D eigenvalue weighted by Crippen LogP contribution is 2.31. The number of hydrogen-bond donors (Lipinski definition) is 2. The third-order valence-electron chi connectivity index (χ3n) is 2.92. The van der Waals surface area contributed by atoms with E-state index in [1.807, 2.05) is 12.1 Å². The van der Waals surface area contributed by atoms with Crippen LogP contribution in [-0.2, 0) is 0 Å². The highest BCUT2D eigenvalue weighted by Gasteiger charge is 2.24. The van der Waals surface area contributed by atoms with E-state index in [9.17, 15) is 0 Å². The van der Waals surface area contributed by atoms with Crippen molar-refractivity contribution < 1.29 is 0 Å². The highest BCUT2D eigenvalue weighted by atomic mass is 32.2. The van der Waals surface area contributed by atoms with E-state index in [2.05, 4.69) is 29.0 Å². The molecule has 0 spiro atoms. The number of thioether (sulfide) groups is 1. The molecule has 2 atom stereocenters. The lowest BCUT2D eigenvalue weighted by molar-refractivity contribution is 0.752. The Morgan fingerprint density at radius 2 is 2.44 bits per heavy atom. The van der Waals surface area contributed by atoms with E-state index in [-0.39, 0.29) is 0 Å². The van der Waals surface area contributed by atoms with E-state index in [1.54, 1.807) is 6.20 Å². The molecule has 0 bridgehead atoms. The molecule has 0 radical (unpaired) electrons. The summed E-state index contributed by atoms with van der Waals surface area (Å²) in [7, 11) is 0. The molecule has 1 heterocycles. The molecule has 2 rings (SSSR count). The van der Waals surface area contributed by atoms with Crippen LogP contribution in [0.5, 0.6) is 0 Å². The summed E-state index contributed by atoms with van der Waals surface area (Å²) < 4.78 is 0. The maximum absolute atomic E-state index is 5.72. The summed E-state index contributed by atoms with van der Waals surface area (Å²) >= 11 is 2.07. The Morgan fingerprint density at radius 1 is 1.56 bits per heavy atom. The van der Waals surface area contributed by atoms with E-state index in [1.165, 1.54) is 25.0 Å². The second-order valence-electron chi connectivity index (χ2n) is 4.21. The Morgan fingerprint density at radius 3 is 3.19 bits per heavy atom. The second-order valence-corrected chi connectivity index (χ2v) is 5.78. The first kappa shape index (κ1) is 11.6. The fraction of sp³-hybridized carbons (Fsp3) is 0.583. The van der Waals surface area contributed by atoms with Crippen LogP contribution in [0.4, 0.5) is 11.5 Å². The van der Waals surface area contributed by atoms with Gasteiger partial charge in [0, 0.05) is 29.2 Å². The minimum Gasteiger partial charge on any atom is -0.399 e. The third-order valence-corrected chi connectivity index (χ3v) is 4.16. The van der Waals surface area contributed by atoms with Gasteiger partial charge in [-0.1, -0.05) is 6.92 Å². The molecule has 0 saturated heterocycles. The quantitative estimate of drug-likeness (QED) is 0.845. The summed E-state index contributed by atoms with van der Waals surface area (Å²) in [5.74, 6) is 2.13. The molecule has 3 nitrogen and oxygen atoms in total. The molecule has 1 aliphatic rings. The van der Waals surface area contributed by atoms with Gasteiger partial charge in [-0.25, -0.2) is 4.98 Å². The van der Waals surface area contributed by atoms with Crippen molar-refractivity contribution >= 4 is 23.3 Å². The lowest BCUT2D eigenvalue weighted by Gasteiger charge is -2.13. The summed E-state index contributed by atoms with van der Waals surface area (Å²) in [4.78, 5) is 4.28. The van der Waals surface area contributed by atoms with Crippen molar-refractivity contribution in [1.29, 1.82) is 0 Å². The van der Waals surface area contributed by atoms with Gasteiger partial charge in [0.1, 0.15) is 5.82 Å². The van der Waals surface area contributed by atoms with Crippen molar-refractivity contribution in [2.75, 3.05) is 16.8 Å². The third kappa shape index (κ3) is 3.04. The molecular formula is C12H19N3S. The van der Waals surface area contributed by atoms with Crippen molar-refractivity contribution in [3.05, 3.63) is 18.3 Å². The van der Waals surface area contributed by atoms with Gasteiger partial charge < -0.3 is 11.1 Å². The van der Waals surface area contributed by atoms with E-state index >= 15 is 0 Å². The maximum atomic E-state index is 5.72. The predicted molar refractivity (Wildman–Crippen MR) is 71.8 cm³/mol. The van der Waals surface area contributed by atoms with Crippen LogP contribution in [0.15, 0.2) is 18.3 Å². The SMILES string of the molecule is CCSC1CCC(Nc2cc(N)ccn2)C1. The Hall–Kier alpha value is -0.900. The Balaban J connectivity index is 1.87. The molecule has 2 unspecified atom stereocenters. The largest absolute Gasteiger partial charge is 0.399 e. The van der Waals surface area contributed by atoms with Gasteiger partial charge in [0.2, 0.25) is 0 Å². The summed E-state index contributed by atoms with van der Waals surface area (Å²) in [5, 5.41) is 4.29. The molecule has 16 heavy (non-hydrogen) atoms.